The first kappa shape index (κ1) is 20.7. The van der Waals surface area contributed by atoms with Crippen LogP contribution in [0.5, 0.6) is 0 Å². The average molecular weight is 439 g/mol. The fourth-order valence-electron chi connectivity index (χ4n) is 5.93. The van der Waals surface area contributed by atoms with Crippen LogP contribution in [0.1, 0.15) is 54.1 Å². The lowest BCUT2D eigenvalue weighted by molar-refractivity contribution is 0.0915. The molecule has 4 atom stereocenters. The molecule has 3 aliphatic rings. The lowest BCUT2D eigenvalue weighted by atomic mass is 9.84. The van der Waals surface area contributed by atoms with Crippen LogP contribution in [0.15, 0.2) is 53.4 Å². The van der Waals surface area contributed by atoms with Gasteiger partial charge in [-0.25, -0.2) is 8.42 Å². The van der Waals surface area contributed by atoms with Crippen molar-refractivity contribution in [2.45, 2.75) is 56.5 Å². The van der Waals surface area contributed by atoms with Crippen molar-refractivity contribution in [1.82, 2.24) is 9.62 Å². The number of nitrogens with one attached hydrogen (secondary N) is 1. The second kappa shape index (κ2) is 8.06. The monoisotopic (exact) mass is 438 g/mol. The van der Waals surface area contributed by atoms with Gasteiger partial charge in [0.05, 0.1) is 4.90 Å². The highest BCUT2D eigenvalue weighted by molar-refractivity contribution is 7.89. The normalized spacial score (nSPS) is 26.4. The molecule has 0 radical (unpaired) electrons. The summed E-state index contributed by atoms with van der Waals surface area (Å²) in [6, 6.07) is 14.6. The molecule has 0 saturated heterocycles. The molecule has 5 nitrogen and oxygen atoms in total. The van der Waals surface area contributed by atoms with Gasteiger partial charge < -0.3 is 5.32 Å². The van der Waals surface area contributed by atoms with Crippen molar-refractivity contribution in [1.29, 1.82) is 0 Å². The van der Waals surface area contributed by atoms with Gasteiger partial charge in [-0.2, -0.15) is 4.31 Å². The zero-order chi connectivity index (χ0) is 21.6. The fraction of sp³-hybridized carbons (Fsp3) is 0.480. The van der Waals surface area contributed by atoms with E-state index in [0.29, 0.717) is 31.0 Å². The summed E-state index contributed by atoms with van der Waals surface area (Å²) in [5.41, 5.74) is 2.66. The largest absolute Gasteiger partial charge is 0.349 e. The Bertz CT molecular complexity index is 1100. The molecule has 0 aromatic heterocycles. The zero-order valence-corrected chi connectivity index (χ0v) is 18.8. The number of fused-ring (bicyclic) bond motifs is 3. The lowest BCUT2D eigenvalue weighted by Gasteiger charge is -2.29. The molecule has 0 spiro atoms. The van der Waals surface area contributed by atoms with Gasteiger partial charge >= 0.3 is 0 Å². The second-order valence-corrected chi connectivity index (χ2v) is 11.4. The molecule has 31 heavy (non-hydrogen) atoms. The Balaban J connectivity index is 1.31. The molecule has 1 heterocycles. The number of rotatable bonds is 5. The molecule has 1 aliphatic heterocycles. The first-order chi connectivity index (χ1) is 14.9. The van der Waals surface area contributed by atoms with Crippen LogP contribution in [0.4, 0.5) is 0 Å². The minimum atomic E-state index is -3.66. The molecule has 0 unspecified atom stereocenters. The first-order valence-corrected chi connectivity index (χ1v) is 12.8. The van der Waals surface area contributed by atoms with E-state index < -0.39 is 10.0 Å². The number of hydrogen-bond donors (Lipinski definition) is 1. The van der Waals surface area contributed by atoms with E-state index in [1.54, 1.807) is 18.2 Å². The van der Waals surface area contributed by atoms with Crippen LogP contribution in [0, 0.1) is 17.8 Å². The van der Waals surface area contributed by atoms with Crippen LogP contribution in [0.25, 0.3) is 0 Å². The predicted molar refractivity (Wildman–Crippen MR) is 120 cm³/mol. The number of hydrogen-bond acceptors (Lipinski definition) is 3. The Kier molecular flexibility index (Phi) is 5.39. The number of carbonyl (C=O) groups is 1. The zero-order valence-electron chi connectivity index (χ0n) is 18.0. The summed E-state index contributed by atoms with van der Waals surface area (Å²) in [7, 11) is -3.66. The minimum absolute atomic E-state index is 0.113. The Morgan fingerprint density at radius 1 is 1.06 bits per heavy atom. The van der Waals surface area contributed by atoms with Gasteiger partial charge in [0.25, 0.3) is 5.91 Å². The van der Waals surface area contributed by atoms with Crippen LogP contribution in [0.2, 0.25) is 0 Å². The smallest absolute Gasteiger partial charge is 0.251 e. The summed E-state index contributed by atoms with van der Waals surface area (Å²) in [6.07, 6.45) is 5.83. The highest BCUT2D eigenvalue weighted by Gasteiger charge is 2.42. The van der Waals surface area contributed by atoms with E-state index in [0.717, 1.165) is 17.4 Å². The molecular weight excluding hydrogens is 408 g/mol. The third kappa shape index (κ3) is 3.92. The maximum atomic E-state index is 13.3. The molecule has 2 fully saturated rings. The number of benzene rings is 2. The van der Waals surface area contributed by atoms with Gasteiger partial charge in [0.15, 0.2) is 0 Å². The van der Waals surface area contributed by atoms with E-state index in [-0.39, 0.29) is 16.8 Å². The van der Waals surface area contributed by atoms with Gasteiger partial charge in [0.2, 0.25) is 10.0 Å². The predicted octanol–water partition coefficient (Wildman–Crippen LogP) is 3.99. The molecule has 164 valence electrons. The Morgan fingerprint density at radius 3 is 2.61 bits per heavy atom. The van der Waals surface area contributed by atoms with Crippen molar-refractivity contribution in [2.24, 2.45) is 17.8 Å². The second-order valence-electron chi connectivity index (χ2n) is 9.49. The highest BCUT2D eigenvalue weighted by Crippen LogP contribution is 2.49. The Labute approximate surface area is 184 Å². The van der Waals surface area contributed by atoms with E-state index in [1.807, 2.05) is 18.2 Å². The maximum absolute atomic E-state index is 13.3. The van der Waals surface area contributed by atoms with Gasteiger partial charge in [0.1, 0.15) is 0 Å². The van der Waals surface area contributed by atoms with Crippen LogP contribution >= 0.6 is 0 Å². The number of nitrogens with zero attached hydrogens (tertiary/aromatic N) is 1. The maximum Gasteiger partial charge on any atom is 0.251 e. The Hall–Kier alpha value is -2.18. The third-order valence-corrected chi connectivity index (χ3v) is 9.46. The summed E-state index contributed by atoms with van der Waals surface area (Å²) < 4.78 is 28.1. The van der Waals surface area contributed by atoms with Gasteiger partial charge in [-0.3, -0.25) is 4.79 Å². The summed E-state index contributed by atoms with van der Waals surface area (Å²) in [5.74, 6) is 1.92. The van der Waals surface area contributed by atoms with Crippen molar-refractivity contribution in [3.8, 4) is 0 Å². The van der Waals surface area contributed by atoms with Crippen molar-refractivity contribution >= 4 is 15.9 Å². The van der Waals surface area contributed by atoms with Crippen molar-refractivity contribution in [2.75, 3.05) is 6.54 Å². The first-order valence-electron chi connectivity index (χ1n) is 11.4. The van der Waals surface area contributed by atoms with Crippen molar-refractivity contribution in [3.63, 3.8) is 0 Å². The molecular formula is C25H30N2O3S. The quantitative estimate of drug-likeness (QED) is 0.768. The van der Waals surface area contributed by atoms with Gasteiger partial charge in [-0.05, 0) is 79.7 Å². The van der Waals surface area contributed by atoms with Crippen LogP contribution < -0.4 is 5.32 Å². The molecule has 2 aromatic carbocycles. The number of amides is 1. The Morgan fingerprint density at radius 2 is 1.87 bits per heavy atom. The van der Waals surface area contributed by atoms with E-state index in [1.165, 1.54) is 41.6 Å². The SMILES string of the molecule is C[C@H](NC(=O)c1cccc(S(=O)(=O)N2CCc3ccccc3C2)c1)[C@H]1C[C@H]2CC[C@H]1C2. The van der Waals surface area contributed by atoms with Gasteiger partial charge in [-0.15, -0.1) is 0 Å². The number of sulfonamides is 1. The van der Waals surface area contributed by atoms with Crippen LogP contribution in [-0.4, -0.2) is 31.2 Å². The summed E-state index contributed by atoms with van der Waals surface area (Å²) >= 11 is 0. The van der Waals surface area contributed by atoms with Crippen molar-refractivity contribution in [3.05, 3.63) is 65.2 Å². The number of carbonyl (C=O) groups excluding carboxylic acids is 1. The summed E-state index contributed by atoms with van der Waals surface area (Å²) in [5, 5.41) is 3.15. The average Bonchev–Trinajstić information content (AvgIpc) is 3.43. The van der Waals surface area contributed by atoms with Gasteiger partial charge in [-0.1, -0.05) is 36.8 Å². The molecule has 1 amide bonds. The van der Waals surface area contributed by atoms with E-state index in [4.69, 9.17) is 0 Å². The molecule has 1 N–H and O–H groups in total. The van der Waals surface area contributed by atoms with E-state index >= 15 is 0 Å². The standard InChI is InChI=1S/C25H30N2O3S/c1-17(24-14-18-9-10-20(24)13-18)26-25(28)21-7-4-8-23(15-21)31(29,30)27-12-11-19-5-2-3-6-22(19)16-27/h2-8,15,17-18,20,24H,9-14,16H2,1H3,(H,26,28)/t17-,18-,20-,24+/m0/s1. The van der Waals surface area contributed by atoms with Gasteiger partial charge in [0, 0.05) is 24.7 Å². The van der Waals surface area contributed by atoms with E-state index in [2.05, 4.69) is 18.3 Å². The van der Waals surface area contributed by atoms with Crippen molar-refractivity contribution < 1.29 is 13.2 Å². The van der Waals surface area contributed by atoms with Crippen LogP contribution in [-0.2, 0) is 23.0 Å². The molecule has 2 aliphatic carbocycles. The van der Waals surface area contributed by atoms with E-state index in [9.17, 15) is 13.2 Å². The van der Waals surface area contributed by atoms with Crippen LogP contribution in [0.3, 0.4) is 0 Å². The summed E-state index contributed by atoms with van der Waals surface area (Å²) in [4.78, 5) is 13.1. The topological polar surface area (TPSA) is 66.5 Å². The summed E-state index contributed by atoms with van der Waals surface area (Å²) in [6.45, 7) is 2.92. The third-order valence-electron chi connectivity index (χ3n) is 7.62. The lowest BCUT2D eigenvalue weighted by Crippen LogP contribution is -2.40. The molecule has 5 rings (SSSR count). The highest BCUT2D eigenvalue weighted by atomic mass is 32.2. The fourth-order valence-corrected chi connectivity index (χ4v) is 7.39. The molecule has 2 bridgehead atoms. The molecule has 6 heteroatoms. The minimum Gasteiger partial charge on any atom is -0.349 e. The molecule has 2 saturated carbocycles. The molecule has 2 aromatic rings.